The van der Waals surface area contributed by atoms with Crippen LogP contribution in [0.2, 0.25) is 0 Å². The molecule has 2 aromatic carbocycles. The van der Waals surface area contributed by atoms with Gasteiger partial charge in [-0.3, -0.25) is 0 Å². The van der Waals surface area contributed by atoms with Crippen molar-refractivity contribution >= 4 is 16.7 Å². The third-order valence-electron chi connectivity index (χ3n) is 2.96. The maximum atomic E-state index is 11.6. The maximum Gasteiger partial charge on any atom is 0.336 e. The molecule has 0 bridgehead atoms. The molecule has 0 amide bonds. The second-order valence-electron chi connectivity index (χ2n) is 4.89. The molecule has 0 heterocycles. The van der Waals surface area contributed by atoms with E-state index in [0.717, 1.165) is 10.8 Å². The van der Waals surface area contributed by atoms with E-state index in [4.69, 9.17) is 9.47 Å². The molecule has 110 valence electrons. The predicted octanol–water partition coefficient (Wildman–Crippen LogP) is 3.04. The second-order valence-corrected chi connectivity index (χ2v) is 4.89. The van der Waals surface area contributed by atoms with E-state index < -0.39 is 18.4 Å². The molecule has 2 atom stereocenters. The fourth-order valence-electron chi connectivity index (χ4n) is 1.85. The molecule has 1 N–H and O–H groups in total. The number of fused-ring (bicyclic) bond motifs is 1. The van der Waals surface area contributed by atoms with Gasteiger partial charge in [-0.05, 0) is 25.3 Å². The Labute approximate surface area is 123 Å². The van der Waals surface area contributed by atoms with E-state index in [1.165, 1.54) is 6.92 Å². The molecule has 21 heavy (non-hydrogen) atoms. The predicted molar refractivity (Wildman–Crippen MR) is 81.0 cm³/mol. The number of hydrogen-bond donors (Lipinski definition) is 1. The number of rotatable bonds is 5. The number of esters is 1. The Morgan fingerprint density at radius 1 is 1.19 bits per heavy atom. The first-order valence-corrected chi connectivity index (χ1v) is 6.68. The highest BCUT2D eigenvalue weighted by atomic mass is 16.7. The van der Waals surface area contributed by atoms with Crippen molar-refractivity contribution in [1.29, 1.82) is 0 Å². The van der Waals surface area contributed by atoms with Crippen molar-refractivity contribution in [2.45, 2.75) is 26.2 Å². The largest absolute Gasteiger partial charge is 0.451 e. The van der Waals surface area contributed by atoms with Gasteiger partial charge in [0.25, 0.3) is 6.29 Å². The van der Waals surface area contributed by atoms with Crippen molar-refractivity contribution in [1.82, 2.24) is 0 Å². The van der Waals surface area contributed by atoms with Gasteiger partial charge < -0.3 is 14.6 Å². The third kappa shape index (κ3) is 3.61. The summed E-state index contributed by atoms with van der Waals surface area (Å²) in [5, 5.41) is 11.6. The summed E-state index contributed by atoms with van der Waals surface area (Å²) >= 11 is 0. The van der Waals surface area contributed by atoms with Gasteiger partial charge in [0.15, 0.2) is 0 Å². The zero-order chi connectivity index (χ0) is 15.4. The Bertz CT molecular complexity index is 655. The van der Waals surface area contributed by atoms with Gasteiger partial charge in [-0.25, -0.2) is 4.79 Å². The Morgan fingerprint density at radius 2 is 1.86 bits per heavy atom. The number of benzene rings is 2. The van der Waals surface area contributed by atoms with Crippen LogP contribution >= 0.6 is 0 Å². The Balaban J connectivity index is 2.27. The molecule has 0 aliphatic rings. The van der Waals surface area contributed by atoms with Crippen molar-refractivity contribution in [2.24, 2.45) is 0 Å². The van der Waals surface area contributed by atoms with Crippen molar-refractivity contribution in [3.63, 3.8) is 0 Å². The van der Waals surface area contributed by atoms with Gasteiger partial charge >= 0.3 is 5.97 Å². The number of carbonyl (C=O) groups excluding carboxylic acids is 1. The summed E-state index contributed by atoms with van der Waals surface area (Å²) < 4.78 is 10.8. The van der Waals surface area contributed by atoms with Crippen LogP contribution in [0.25, 0.3) is 10.8 Å². The normalized spacial score (nSPS) is 13.5. The molecule has 4 nitrogen and oxygen atoms in total. The van der Waals surface area contributed by atoms with E-state index in [1.807, 2.05) is 36.4 Å². The monoisotopic (exact) mass is 286 g/mol. The Kier molecular flexibility index (Phi) is 4.60. The molecule has 0 aliphatic heterocycles. The number of carbonyl (C=O) groups is 1. The van der Waals surface area contributed by atoms with Crippen LogP contribution in [0, 0.1) is 0 Å². The first-order chi connectivity index (χ1) is 9.99. The van der Waals surface area contributed by atoms with Gasteiger partial charge in [0.05, 0.1) is 0 Å². The molecule has 2 aromatic rings. The van der Waals surface area contributed by atoms with Crippen LogP contribution in [0.1, 0.15) is 13.8 Å². The topological polar surface area (TPSA) is 55.8 Å². The number of hydrogen-bond acceptors (Lipinski definition) is 4. The van der Waals surface area contributed by atoms with E-state index in [-0.39, 0.29) is 5.57 Å². The van der Waals surface area contributed by atoms with Gasteiger partial charge in [-0.1, -0.05) is 43.0 Å². The van der Waals surface area contributed by atoms with Crippen molar-refractivity contribution in [2.75, 3.05) is 0 Å². The Morgan fingerprint density at radius 3 is 2.52 bits per heavy atom. The number of aliphatic hydroxyl groups excluding tert-OH is 1. The molecule has 0 fully saturated rings. The van der Waals surface area contributed by atoms with E-state index in [9.17, 15) is 9.90 Å². The van der Waals surface area contributed by atoms with Crippen LogP contribution in [0.5, 0.6) is 5.75 Å². The minimum absolute atomic E-state index is 0.252. The van der Waals surface area contributed by atoms with Crippen LogP contribution in [-0.2, 0) is 9.53 Å². The summed E-state index contributed by atoms with van der Waals surface area (Å²) in [5.41, 5.74) is 0.252. The first kappa shape index (κ1) is 15.1. The first-order valence-electron chi connectivity index (χ1n) is 6.68. The summed E-state index contributed by atoms with van der Waals surface area (Å²) in [4.78, 5) is 11.6. The van der Waals surface area contributed by atoms with Gasteiger partial charge in [0.1, 0.15) is 11.9 Å². The minimum Gasteiger partial charge on any atom is -0.451 e. The van der Waals surface area contributed by atoms with Crippen molar-refractivity contribution < 1.29 is 19.4 Å². The molecule has 2 unspecified atom stereocenters. The van der Waals surface area contributed by atoms with Crippen LogP contribution in [0.4, 0.5) is 0 Å². The molecule has 0 saturated carbocycles. The van der Waals surface area contributed by atoms with E-state index in [0.29, 0.717) is 5.75 Å². The van der Waals surface area contributed by atoms with Gasteiger partial charge in [0.2, 0.25) is 0 Å². The van der Waals surface area contributed by atoms with Crippen LogP contribution in [-0.4, -0.2) is 23.5 Å². The average molecular weight is 286 g/mol. The zero-order valence-corrected chi connectivity index (χ0v) is 12.1. The highest BCUT2D eigenvalue weighted by molar-refractivity contribution is 5.88. The lowest BCUT2D eigenvalue weighted by atomic mass is 10.1. The maximum absolute atomic E-state index is 11.6. The van der Waals surface area contributed by atoms with E-state index >= 15 is 0 Å². The van der Waals surface area contributed by atoms with E-state index in [1.54, 1.807) is 13.0 Å². The molecule has 0 aliphatic carbocycles. The minimum atomic E-state index is -1.08. The number of ether oxygens (including phenoxy) is 2. The smallest absolute Gasteiger partial charge is 0.336 e. The lowest BCUT2D eigenvalue weighted by Gasteiger charge is -2.22. The lowest BCUT2D eigenvalue weighted by molar-refractivity contribution is -0.173. The summed E-state index contributed by atoms with van der Waals surface area (Å²) in [7, 11) is 0. The summed E-state index contributed by atoms with van der Waals surface area (Å²) in [6.07, 6.45) is -2.05. The van der Waals surface area contributed by atoms with E-state index in [2.05, 4.69) is 6.58 Å². The quantitative estimate of drug-likeness (QED) is 0.521. The molecule has 4 heteroatoms. The molecule has 0 radical (unpaired) electrons. The highest BCUT2D eigenvalue weighted by Gasteiger charge is 2.22. The molecule has 0 saturated heterocycles. The SMILES string of the molecule is C=C(C)C(=O)OC(Oc1cccc2ccccc12)C(C)O. The Hall–Kier alpha value is -2.33. The fourth-order valence-corrected chi connectivity index (χ4v) is 1.85. The molecule has 2 rings (SSSR count). The van der Waals surface area contributed by atoms with Gasteiger partial charge in [-0.2, -0.15) is 0 Å². The van der Waals surface area contributed by atoms with Crippen LogP contribution in [0.15, 0.2) is 54.6 Å². The fraction of sp³-hybridized carbons (Fsp3) is 0.235. The van der Waals surface area contributed by atoms with Crippen molar-refractivity contribution in [3.05, 3.63) is 54.6 Å². The van der Waals surface area contributed by atoms with Crippen molar-refractivity contribution in [3.8, 4) is 5.75 Å². The molecular formula is C17H18O4. The lowest BCUT2D eigenvalue weighted by Crippen LogP contribution is -2.34. The summed E-state index contributed by atoms with van der Waals surface area (Å²) in [5.74, 6) is -0.0466. The second kappa shape index (κ2) is 6.41. The van der Waals surface area contributed by atoms with Crippen LogP contribution in [0.3, 0.4) is 0 Å². The number of aliphatic hydroxyl groups is 1. The molecule has 0 spiro atoms. The standard InChI is InChI=1S/C17H18O4/c1-11(2)16(19)21-17(12(3)18)20-15-10-6-8-13-7-4-5-9-14(13)15/h4-10,12,17-18H,1H2,2-3H3. The van der Waals surface area contributed by atoms with Gasteiger partial charge in [-0.15, -0.1) is 0 Å². The van der Waals surface area contributed by atoms with Crippen LogP contribution < -0.4 is 4.74 Å². The summed E-state index contributed by atoms with van der Waals surface area (Å²) in [6, 6.07) is 13.3. The average Bonchev–Trinajstić information content (AvgIpc) is 2.46. The molecular weight excluding hydrogens is 268 g/mol. The third-order valence-corrected chi connectivity index (χ3v) is 2.96. The highest BCUT2D eigenvalue weighted by Crippen LogP contribution is 2.26. The molecule has 0 aromatic heterocycles. The zero-order valence-electron chi connectivity index (χ0n) is 12.1. The van der Waals surface area contributed by atoms with Gasteiger partial charge in [0, 0.05) is 11.0 Å². The summed E-state index contributed by atoms with van der Waals surface area (Å²) in [6.45, 7) is 6.56.